The van der Waals surface area contributed by atoms with E-state index < -0.39 is 11.4 Å². The molecular weight excluding hydrogens is 271 g/mol. The normalized spacial score (nSPS) is 10.6. The van der Waals surface area contributed by atoms with Crippen LogP contribution in [0.1, 0.15) is 19.4 Å². The Morgan fingerprint density at radius 3 is 2.58 bits per heavy atom. The van der Waals surface area contributed by atoms with E-state index in [1.54, 1.807) is 6.07 Å². The molecule has 0 aliphatic heterocycles. The van der Waals surface area contributed by atoms with Gasteiger partial charge in [-0.2, -0.15) is 0 Å². The van der Waals surface area contributed by atoms with Crippen molar-refractivity contribution in [2.24, 2.45) is 5.73 Å². The Morgan fingerprint density at radius 1 is 1.47 bits per heavy atom. The Morgan fingerprint density at radius 2 is 2.11 bits per heavy atom. The van der Waals surface area contributed by atoms with Gasteiger partial charge in [-0.1, -0.05) is 6.07 Å². The number of hydrogen-bond acceptors (Lipinski definition) is 3. The van der Waals surface area contributed by atoms with Gasteiger partial charge in [0.15, 0.2) is 11.6 Å². The fourth-order valence-corrected chi connectivity index (χ4v) is 1.48. The fraction of sp³-hybridized carbons (Fsp3) is 0.462. The molecule has 0 atom stereocenters. The van der Waals surface area contributed by atoms with Crippen LogP contribution in [-0.2, 0) is 11.2 Å². The fourth-order valence-electron chi connectivity index (χ4n) is 1.48. The number of amides is 1. The van der Waals surface area contributed by atoms with E-state index in [2.05, 4.69) is 5.32 Å². The van der Waals surface area contributed by atoms with Gasteiger partial charge in [0.2, 0.25) is 5.91 Å². The van der Waals surface area contributed by atoms with Crippen molar-refractivity contribution in [1.29, 1.82) is 0 Å². The summed E-state index contributed by atoms with van der Waals surface area (Å²) in [5, 5.41) is 2.78. The summed E-state index contributed by atoms with van der Waals surface area (Å²) in [5.41, 5.74) is 5.66. The zero-order chi connectivity index (χ0) is 13.8. The molecule has 1 rings (SSSR count). The molecule has 19 heavy (non-hydrogen) atoms. The molecule has 0 aliphatic carbocycles. The lowest BCUT2D eigenvalue weighted by atomic mass is 10.0. The number of rotatable bonds is 5. The van der Waals surface area contributed by atoms with Crippen molar-refractivity contribution in [1.82, 2.24) is 5.32 Å². The molecule has 0 saturated heterocycles. The highest BCUT2D eigenvalue weighted by atomic mass is 35.5. The molecule has 0 heterocycles. The Kier molecular flexibility index (Phi) is 6.79. The lowest BCUT2D eigenvalue weighted by Crippen LogP contribution is -2.49. The molecule has 0 spiro atoms. The lowest BCUT2D eigenvalue weighted by Gasteiger charge is -2.24. The lowest BCUT2D eigenvalue weighted by molar-refractivity contribution is -0.121. The number of carbonyl (C=O) groups is 1. The van der Waals surface area contributed by atoms with E-state index in [0.29, 0.717) is 12.1 Å². The average molecular weight is 291 g/mol. The predicted octanol–water partition coefficient (Wildman–Crippen LogP) is 1.65. The number of halogens is 2. The maximum Gasteiger partial charge on any atom is 0.224 e. The zero-order valence-corrected chi connectivity index (χ0v) is 12.1. The van der Waals surface area contributed by atoms with Crippen molar-refractivity contribution in [2.45, 2.75) is 25.8 Å². The van der Waals surface area contributed by atoms with Gasteiger partial charge in [-0.15, -0.1) is 12.4 Å². The highest BCUT2D eigenvalue weighted by Crippen LogP contribution is 2.18. The van der Waals surface area contributed by atoms with Crippen LogP contribution in [0.15, 0.2) is 18.2 Å². The van der Waals surface area contributed by atoms with Crippen molar-refractivity contribution in [2.75, 3.05) is 13.7 Å². The van der Waals surface area contributed by atoms with Gasteiger partial charge in [0.05, 0.1) is 13.5 Å². The average Bonchev–Trinajstić information content (AvgIpc) is 2.28. The van der Waals surface area contributed by atoms with Gasteiger partial charge < -0.3 is 15.8 Å². The van der Waals surface area contributed by atoms with E-state index in [9.17, 15) is 9.18 Å². The SMILES string of the molecule is COc1ccc(CC(=O)NC(C)(C)CN)cc1F.Cl. The topological polar surface area (TPSA) is 64.3 Å². The van der Waals surface area contributed by atoms with Gasteiger partial charge in [-0.3, -0.25) is 4.79 Å². The van der Waals surface area contributed by atoms with Gasteiger partial charge in [0.25, 0.3) is 0 Å². The summed E-state index contributed by atoms with van der Waals surface area (Å²) in [4.78, 5) is 11.7. The van der Waals surface area contributed by atoms with E-state index in [1.807, 2.05) is 13.8 Å². The first-order valence-electron chi connectivity index (χ1n) is 5.71. The van der Waals surface area contributed by atoms with Crippen molar-refractivity contribution >= 4 is 18.3 Å². The highest BCUT2D eigenvalue weighted by Gasteiger charge is 2.18. The van der Waals surface area contributed by atoms with E-state index in [1.165, 1.54) is 19.2 Å². The van der Waals surface area contributed by atoms with Crippen LogP contribution in [0.3, 0.4) is 0 Å². The van der Waals surface area contributed by atoms with Crippen LogP contribution in [0.25, 0.3) is 0 Å². The first-order chi connectivity index (χ1) is 8.38. The van der Waals surface area contributed by atoms with Crippen LogP contribution in [-0.4, -0.2) is 25.1 Å². The van der Waals surface area contributed by atoms with E-state index in [0.717, 1.165) is 0 Å². The third-order valence-electron chi connectivity index (χ3n) is 2.57. The molecule has 0 saturated carbocycles. The van der Waals surface area contributed by atoms with Crippen LogP contribution in [0, 0.1) is 5.82 Å². The number of nitrogens with two attached hydrogens (primary N) is 1. The molecule has 6 heteroatoms. The molecule has 0 radical (unpaired) electrons. The monoisotopic (exact) mass is 290 g/mol. The number of benzene rings is 1. The van der Waals surface area contributed by atoms with Gasteiger partial charge in [0.1, 0.15) is 0 Å². The first-order valence-corrected chi connectivity index (χ1v) is 5.71. The van der Waals surface area contributed by atoms with Gasteiger partial charge in [0, 0.05) is 12.1 Å². The van der Waals surface area contributed by atoms with Crippen LogP contribution in [0.2, 0.25) is 0 Å². The summed E-state index contributed by atoms with van der Waals surface area (Å²) < 4.78 is 18.2. The second kappa shape index (κ2) is 7.31. The van der Waals surface area contributed by atoms with Gasteiger partial charge >= 0.3 is 0 Å². The molecule has 0 fully saturated rings. The second-order valence-corrected chi connectivity index (χ2v) is 4.78. The largest absolute Gasteiger partial charge is 0.494 e. The van der Waals surface area contributed by atoms with Crippen LogP contribution < -0.4 is 15.8 Å². The number of methoxy groups -OCH3 is 1. The Bertz CT molecular complexity index is 439. The summed E-state index contributed by atoms with van der Waals surface area (Å²) in [6.45, 7) is 4.01. The summed E-state index contributed by atoms with van der Waals surface area (Å²) in [5.74, 6) is -0.489. The van der Waals surface area contributed by atoms with E-state index in [-0.39, 0.29) is 30.5 Å². The predicted molar refractivity (Wildman–Crippen MR) is 75.2 cm³/mol. The molecule has 1 aromatic carbocycles. The van der Waals surface area contributed by atoms with Crippen LogP contribution in [0.4, 0.5) is 4.39 Å². The van der Waals surface area contributed by atoms with Crippen molar-refractivity contribution in [3.05, 3.63) is 29.6 Å². The summed E-state index contributed by atoms with van der Waals surface area (Å²) in [7, 11) is 1.40. The van der Waals surface area contributed by atoms with Gasteiger partial charge in [-0.05, 0) is 31.5 Å². The third-order valence-corrected chi connectivity index (χ3v) is 2.57. The zero-order valence-electron chi connectivity index (χ0n) is 11.3. The van der Waals surface area contributed by atoms with E-state index >= 15 is 0 Å². The smallest absolute Gasteiger partial charge is 0.224 e. The minimum atomic E-state index is -0.471. The molecular formula is C13H20ClFN2O2. The molecule has 1 amide bonds. The van der Waals surface area contributed by atoms with Crippen molar-refractivity contribution in [3.8, 4) is 5.75 Å². The third kappa shape index (κ3) is 5.44. The Balaban J connectivity index is 0.00000324. The number of ether oxygens (including phenoxy) is 1. The summed E-state index contributed by atoms with van der Waals surface area (Å²) in [6.07, 6.45) is 0.115. The number of nitrogens with one attached hydrogen (secondary N) is 1. The highest BCUT2D eigenvalue weighted by molar-refractivity contribution is 5.85. The molecule has 0 bridgehead atoms. The number of carbonyl (C=O) groups excluding carboxylic acids is 1. The first kappa shape index (κ1) is 17.7. The summed E-state index contributed by atoms with van der Waals surface area (Å²) >= 11 is 0. The molecule has 3 N–H and O–H groups in total. The van der Waals surface area contributed by atoms with Crippen LogP contribution in [0.5, 0.6) is 5.75 Å². The molecule has 108 valence electrons. The van der Waals surface area contributed by atoms with Crippen molar-refractivity contribution in [3.63, 3.8) is 0 Å². The standard InChI is InChI=1S/C13H19FN2O2.ClH/c1-13(2,8-15)16-12(17)7-9-4-5-11(18-3)10(14)6-9;/h4-6H,7-8,15H2,1-3H3,(H,16,17);1H. The van der Waals surface area contributed by atoms with Crippen LogP contribution >= 0.6 is 12.4 Å². The molecule has 4 nitrogen and oxygen atoms in total. The molecule has 0 aliphatic rings. The second-order valence-electron chi connectivity index (χ2n) is 4.78. The van der Waals surface area contributed by atoms with Crippen molar-refractivity contribution < 1.29 is 13.9 Å². The number of hydrogen-bond donors (Lipinski definition) is 2. The molecule has 0 unspecified atom stereocenters. The Hall–Kier alpha value is -1.33. The minimum Gasteiger partial charge on any atom is -0.494 e. The Labute approximate surface area is 118 Å². The minimum absolute atomic E-state index is 0. The van der Waals surface area contributed by atoms with E-state index in [4.69, 9.17) is 10.5 Å². The van der Waals surface area contributed by atoms with Gasteiger partial charge in [-0.25, -0.2) is 4.39 Å². The molecule has 0 aromatic heterocycles. The maximum absolute atomic E-state index is 13.4. The maximum atomic E-state index is 13.4. The summed E-state index contributed by atoms with van der Waals surface area (Å²) in [6, 6.07) is 4.47. The quantitative estimate of drug-likeness (QED) is 0.867. The molecule has 1 aromatic rings.